The van der Waals surface area contributed by atoms with Gasteiger partial charge in [0.25, 0.3) is 0 Å². The Morgan fingerprint density at radius 2 is 2.18 bits per heavy atom. The van der Waals surface area contributed by atoms with Crippen LogP contribution in [0.3, 0.4) is 0 Å². The number of hydrogen-bond donors (Lipinski definition) is 0. The van der Waals surface area contributed by atoms with E-state index in [4.69, 9.17) is 4.74 Å². The Balaban J connectivity index is 2.02. The minimum Gasteiger partial charge on any atom is -0.496 e. The van der Waals surface area contributed by atoms with Gasteiger partial charge >= 0.3 is 0 Å². The maximum atomic E-state index is 11.3. The molecular formula is C14H19NO2. The summed E-state index contributed by atoms with van der Waals surface area (Å²) in [5.41, 5.74) is 1.18. The van der Waals surface area contributed by atoms with Crippen LogP contribution in [0.4, 0.5) is 0 Å². The highest BCUT2D eigenvalue weighted by atomic mass is 16.5. The van der Waals surface area contributed by atoms with Crippen molar-refractivity contribution in [2.24, 2.45) is 0 Å². The van der Waals surface area contributed by atoms with Crippen LogP contribution in [-0.2, 0) is 11.3 Å². The summed E-state index contributed by atoms with van der Waals surface area (Å²) < 4.78 is 5.34. The van der Waals surface area contributed by atoms with E-state index >= 15 is 0 Å². The molecule has 0 radical (unpaired) electrons. The summed E-state index contributed by atoms with van der Waals surface area (Å²) in [4.78, 5) is 13.5. The van der Waals surface area contributed by atoms with Crippen molar-refractivity contribution in [3.8, 4) is 5.75 Å². The van der Waals surface area contributed by atoms with Gasteiger partial charge in [-0.25, -0.2) is 0 Å². The number of methoxy groups -OCH3 is 1. The third-order valence-corrected chi connectivity index (χ3v) is 3.46. The van der Waals surface area contributed by atoms with E-state index in [0.717, 1.165) is 25.1 Å². The monoisotopic (exact) mass is 233 g/mol. The topological polar surface area (TPSA) is 29.5 Å². The van der Waals surface area contributed by atoms with Gasteiger partial charge in [0.05, 0.1) is 7.11 Å². The molecule has 0 saturated heterocycles. The van der Waals surface area contributed by atoms with E-state index in [1.807, 2.05) is 18.2 Å². The molecule has 17 heavy (non-hydrogen) atoms. The molecule has 1 unspecified atom stereocenters. The molecule has 1 aliphatic rings. The lowest BCUT2D eigenvalue weighted by Gasteiger charge is -2.24. The van der Waals surface area contributed by atoms with Crippen LogP contribution in [0, 0.1) is 0 Å². The first kappa shape index (κ1) is 12.1. The maximum absolute atomic E-state index is 11.3. The van der Waals surface area contributed by atoms with Crippen LogP contribution in [0.2, 0.25) is 0 Å². The van der Waals surface area contributed by atoms with E-state index in [-0.39, 0.29) is 0 Å². The molecule has 0 spiro atoms. The van der Waals surface area contributed by atoms with E-state index in [0.29, 0.717) is 18.2 Å². The Kier molecular flexibility index (Phi) is 3.79. The molecule has 3 heteroatoms. The average Bonchev–Trinajstić information content (AvgIpc) is 2.77. The fourth-order valence-electron chi connectivity index (χ4n) is 2.40. The normalized spacial score (nSPS) is 19.9. The molecule has 2 rings (SSSR count). The van der Waals surface area contributed by atoms with Crippen molar-refractivity contribution in [3.63, 3.8) is 0 Å². The molecule has 1 atom stereocenters. The van der Waals surface area contributed by atoms with E-state index in [9.17, 15) is 4.79 Å². The standard InChI is InChI=1S/C14H19NO2/c1-15(12-7-8-13(16)9-12)10-11-5-3-4-6-14(11)17-2/h3-6,12H,7-10H2,1-2H3. The Hall–Kier alpha value is -1.35. The number of ketones is 1. The first-order valence-electron chi connectivity index (χ1n) is 6.04. The van der Waals surface area contributed by atoms with Crippen molar-refractivity contribution in [1.82, 2.24) is 4.90 Å². The van der Waals surface area contributed by atoms with Gasteiger partial charge in [-0.1, -0.05) is 18.2 Å². The largest absolute Gasteiger partial charge is 0.496 e. The molecule has 3 nitrogen and oxygen atoms in total. The second kappa shape index (κ2) is 5.32. The zero-order valence-electron chi connectivity index (χ0n) is 10.5. The van der Waals surface area contributed by atoms with Crippen molar-refractivity contribution >= 4 is 5.78 Å². The van der Waals surface area contributed by atoms with Gasteiger partial charge in [0.1, 0.15) is 11.5 Å². The molecule has 0 amide bonds. The lowest BCUT2D eigenvalue weighted by molar-refractivity contribution is -0.117. The maximum Gasteiger partial charge on any atom is 0.134 e. The summed E-state index contributed by atoms with van der Waals surface area (Å²) in [5.74, 6) is 1.31. The predicted octanol–water partition coefficient (Wildman–Crippen LogP) is 2.25. The molecule has 1 aliphatic carbocycles. The molecular weight excluding hydrogens is 214 g/mol. The van der Waals surface area contributed by atoms with Gasteiger partial charge in [-0.3, -0.25) is 9.69 Å². The summed E-state index contributed by atoms with van der Waals surface area (Å²) in [6.07, 6.45) is 2.43. The van der Waals surface area contributed by atoms with E-state index in [1.165, 1.54) is 5.56 Å². The highest BCUT2D eigenvalue weighted by molar-refractivity contribution is 5.81. The van der Waals surface area contributed by atoms with Crippen LogP contribution in [-0.4, -0.2) is 30.9 Å². The number of carbonyl (C=O) groups is 1. The quantitative estimate of drug-likeness (QED) is 0.799. The first-order chi connectivity index (χ1) is 8.20. The third kappa shape index (κ3) is 2.86. The smallest absolute Gasteiger partial charge is 0.134 e. The molecule has 0 N–H and O–H groups in total. The highest BCUT2D eigenvalue weighted by Crippen LogP contribution is 2.24. The number of hydrogen-bond acceptors (Lipinski definition) is 3. The molecule has 1 aromatic rings. The van der Waals surface area contributed by atoms with E-state index < -0.39 is 0 Å². The molecule has 1 aromatic carbocycles. The molecule has 0 aromatic heterocycles. The zero-order valence-corrected chi connectivity index (χ0v) is 10.5. The van der Waals surface area contributed by atoms with Crippen LogP contribution in [0.1, 0.15) is 24.8 Å². The Bertz CT molecular complexity index is 403. The molecule has 0 bridgehead atoms. The lowest BCUT2D eigenvalue weighted by Crippen LogP contribution is -2.29. The fraction of sp³-hybridized carbons (Fsp3) is 0.500. The van der Waals surface area contributed by atoms with Gasteiger partial charge in [-0.15, -0.1) is 0 Å². The number of ether oxygens (including phenoxy) is 1. The van der Waals surface area contributed by atoms with Gasteiger partial charge in [0, 0.05) is 31.0 Å². The Morgan fingerprint density at radius 1 is 1.41 bits per heavy atom. The van der Waals surface area contributed by atoms with Crippen molar-refractivity contribution < 1.29 is 9.53 Å². The van der Waals surface area contributed by atoms with E-state index in [2.05, 4.69) is 18.0 Å². The molecule has 1 saturated carbocycles. The van der Waals surface area contributed by atoms with Gasteiger partial charge in [-0.05, 0) is 19.5 Å². The van der Waals surface area contributed by atoms with Gasteiger partial charge in [-0.2, -0.15) is 0 Å². The van der Waals surface area contributed by atoms with E-state index in [1.54, 1.807) is 7.11 Å². The summed E-state index contributed by atoms with van der Waals surface area (Å²) >= 11 is 0. The summed E-state index contributed by atoms with van der Waals surface area (Å²) in [6, 6.07) is 8.44. The fourth-order valence-corrected chi connectivity index (χ4v) is 2.40. The average molecular weight is 233 g/mol. The van der Waals surface area contributed by atoms with Crippen molar-refractivity contribution in [2.45, 2.75) is 31.8 Å². The first-order valence-corrected chi connectivity index (χ1v) is 6.04. The second-order valence-electron chi connectivity index (χ2n) is 4.66. The molecule has 0 aliphatic heterocycles. The Labute approximate surface area is 102 Å². The lowest BCUT2D eigenvalue weighted by atomic mass is 10.1. The van der Waals surface area contributed by atoms with Crippen molar-refractivity contribution in [3.05, 3.63) is 29.8 Å². The molecule has 1 fully saturated rings. The van der Waals surface area contributed by atoms with Crippen LogP contribution < -0.4 is 4.74 Å². The third-order valence-electron chi connectivity index (χ3n) is 3.46. The number of Topliss-reactive ketones (excluding diaryl/α,β-unsaturated/α-hetero) is 1. The zero-order chi connectivity index (χ0) is 12.3. The number of nitrogens with zero attached hydrogens (tertiary/aromatic N) is 1. The van der Waals surface area contributed by atoms with Gasteiger partial charge < -0.3 is 4.74 Å². The number of para-hydroxylation sites is 1. The van der Waals surface area contributed by atoms with Gasteiger partial charge in [0.2, 0.25) is 0 Å². The molecule has 92 valence electrons. The minimum absolute atomic E-state index is 0.391. The second-order valence-corrected chi connectivity index (χ2v) is 4.66. The van der Waals surface area contributed by atoms with Crippen LogP contribution in [0.25, 0.3) is 0 Å². The SMILES string of the molecule is COc1ccccc1CN(C)C1CCC(=O)C1. The van der Waals surface area contributed by atoms with Gasteiger partial charge in [0.15, 0.2) is 0 Å². The van der Waals surface area contributed by atoms with Crippen molar-refractivity contribution in [1.29, 1.82) is 0 Å². The number of rotatable bonds is 4. The van der Waals surface area contributed by atoms with Crippen LogP contribution in [0.15, 0.2) is 24.3 Å². The summed E-state index contributed by atoms with van der Waals surface area (Å²) in [7, 11) is 3.77. The van der Waals surface area contributed by atoms with Crippen molar-refractivity contribution in [2.75, 3.05) is 14.2 Å². The predicted molar refractivity (Wildman–Crippen MR) is 67.1 cm³/mol. The number of benzene rings is 1. The van der Waals surface area contributed by atoms with Crippen LogP contribution >= 0.6 is 0 Å². The minimum atomic E-state index is 0.391. The van der Waals surface area contributed by atoms with Crippen LogP contribution in [0.5, 0.6) is 5.75 Å². The summed E-state index contributed by atoms with van der Waals surface area (Å²) in [6.45, 7) is 0.835. The highest BCUT2D eigenvalue weighted by Gasteiger charge is 2.25. The molecule has 0 heterocycles. The Morgan fingerprint density at radius 3 is 2.82 bits per heavy atom. The number of carbonyl (C=O) groups excluding carboxylic acids is 1. The summed E-state index contributed by atoms with van der Waals surface area (Å²) in [5, 5.41) is 0.